The molecular formula is C17H21N7O2. The summed E-state index contributed by atoms with van der Waals surface area (Å²) in [7, 11) is 1.92. The third-order valence-corrected chi connectivity index (χ3v) is 5.03. The van der Waals surface area contributed by atoms with E-state index in [2.05, 4.69) is 16.9 Å². The Morgan fingerprint density at radius 3 is 2.92 bits per heavy atom. The monoisotopic (exact) mass is 355 g/mol. The molecule has 0 spiro atoms. The number of nitrogens with two attached hydrogens (primary N) is 1. The number of carbonyl (C=O) groups is 2. The molecule has 2 aromatic heterocycles. The van der Waals surface area contributed by atoms with E-state index in [4.69, 9.17) is 11.0 Å². The number of likely N-dealkylation sites (tertiary alicyclic amines) is 1. The normalized spacial score (nSPS) is 20.0. The molecule has 2 amide bonds. The minimum Gasteiger partial charge on any atom is -0.354 e. The maximum absolute atomic E-state index is 12.1. The zero-order chi connectivity index (χ0) is 18.8. The summed E-state index contributed by atoms with van der Waals surface area (Å²) in [5.41, 5.74) is 5.83. The van der Waals surface area contributed by atoms with E-state index in [0.717, 1.165) is 11.8 Å². The average Bonchev–Trinajstić information content (AvgIpc) is 3.06. The molecule has 0 aromatic carbocycles. The van der Waals surface area contributed by atoms with Crippen LogP contribution in [0.4, 0.5) is 10.6 Å². The van der Waals surface area contributed by atoms with Crippen LogP contribution in [0.5, 0.6) is 0 Å². The Labute approximate surface area is 151 Å². The van der Waals surface area contributed by atoms with Crippen molar-refractivity contribution in [2.75, 3.05) is 25.0 Å². The van der Waals surface area contributed by atoms with Gasteiger partial charge >= 0.3 is 6.03 Å². The maximum Gasteiger partial charge on any atom is 0.324 e. The zero-order valence-electron chi connectivity index (χ0n) is 14.8. The van der Waals surface area contributed by atoms with E-state index in [1.165, 1.54) is 10.9 Å². The summed E-state index contributed by atoms with van der Waals surface area (Å²) in [6, 6.07) is 3.12. The molecule has 1 aliphatic heterocycles. The van der Waals surface area contributed by atoms with E-state index in [1.807, 2.05) is 18.0 Å². The fourth-order valence-electron chi connectivity index (χ4n) is 3.51. The maximum atomic E-state index is 12.1. The van der Waals surface area contributed by atoms with E-state index in [1.54, 1.807) is 17.2 Å². The summed E-state index contributed by atoms with van der Waals surface area (Å²) in [6.45, 7) is 3.32. The molecule has 0 radical (unpaired) electrons. The zero-order valence-corrected chi connectivity index (χ0v) is 14.8. The van der Waals surface area contributed by atoms with E-state index in [9.17, 15) is 9.59 Å². The lowest BCUT2D eigenvalue weighted by atomic mass is 9.92. The molecule has 2 N–H and O–H groups in total. The summed E-state index contributed by atoms with van der Waals surface area (Å²) < 4.78 is 1.28. The number of primary amides is 1. The van der Waals surface area contributed by atoms with Crippen molar-refractivity contribution in [3.8, 4) is 6.07 Å². The number of likely N-dealkylation sites (N-methyl/N-ethyl adjacent to an activating group) is 1. The SMILES string of the molecule is CC1CCN(C(=O)CC#N)CC1N(C)c1ncnc2c1ccn2C(N)=O. The molecule has 1 fully saturated rings. The van der Waals surface area contributed by atoms with Crippen LogP contribution >= 0.6 is 0 Å². The molecule has 136 valence electrons. The van der Waals surface area contributed by atoms with Crippen molar-refractivity contribution in [1.82, 2.24) is 19.4 Å². The van der Waals surface area contributed by atoms with Crippen LogP contribution in [-0.4, -0.2) is 57.6 Å². The van der Waals surface area contributed by atoms with Crippen molar-refractivity contribution in [3.05, 3.63) is 18.6 Å². The predicted molar refractivity (Wildman–Crippen MR) is 95.3 cm³/mol. The number of nitrogens with zero attached hydrogens (tertiary/aromatic N) is 6. The van der Waals surface area contributed by atoms with Crippen molar-refractivity contribution in [3.63, 3.8) is 0 Å². The average molecular weight is 355 g/mol. The summed E-state index contributed by atoms with van der Waals surface area (Å²) in [4.78, 5) is 35.9. The summed E-state index contributed by atoms with van der Waals surface area (Å²) in [5.74, 6) is 0.876. The van der Waals surface area contributed by atoms with E-state index < -0.39 is 6.03 Å². The molecule has 2 unspecified atom stereocenters. The van der Waals surface area contributed by atoms with Crippen LogP contribution in [0.15, 0.2) is 18.6 Å². The van der Waals surface area contributed by atoms with Crippen LogP contribution in [0.2, 0.25) is 0 Å². The predicted octanol–water partition coefficient (Wildman–Crippen LogP) is 0.945. The van der Waals surface area contributed by atoms with Crippen LogP contribution in [0.1, 0.15) is 19.8 Å². The van der Waals surface area contributed by atoms with Gasteiger partial charge in [0, 0.05) is 26.3 Å². The molecule has 2 atom stereocenters. The Morgan fingerprint density at radius 1 is 1.46 bits per heavy atom. The Balaban J connectivity index is 1.91. The second kappa shape index (κ2) is 7.00. The van der Waals surface area contributed by atoms with Gasteiger partial charge in [-0.2, -0.15) is 5.26 Å². The van der Waals surface area contributed by atoms with Crippen molar-refractivity contribution >= 4 is 28.8 Å². The molecule has 9 heteroatoms. The van der Waals surface area contributed by atoms with Crippen molar-refractivity contribution in [2.45, 2.75) is 25.8 Å². The number of hydrogen-bond acceptors (Lipinski definition) is 6. The summed E-state index contributed by atoms with van der Waals surface area (Å²) in [6.07, 6.45) is 3.72. The van der Waals surface area contributed by atoms with Gasteiger partial charge < -0.3 is 15.5 Å². The Bertz CT molecular complexity index is 885. The first kappa shape index (κ1) is 17.7. The van der Waals surface area contributed by atoms with Gasteiger partial charge in [-0.1, -0.05) is 6.92 Å². The number of rotatable bonds is 3. The lowest BCUT2D eigenvalue weighted by Crippen LogP contribution is -2.52. The lowest BCUT2D eigenvalue weighted by Gasteiger charge is -2.42. The molecule has 26 heavy (non-hydrogen) atoms. The molecule has 0 bridgehead atoms. The number of anilines is 1. The third-order valence-electron chi connectivity index (χ3n) is 5.03. The largest absolute Gasteiger partial charge is 0.354 e. The van der Waals surface area contributed by atoms with Gasteiger partial charge in [0.2, 0.25) is 5.91 Å². The fraction of sp³-hybridized carbons (Fsp3) is 0.471. The smallest absolute Gasteiger partial charge is 0.324 e. The van der Waals surface area contributed by atoms with Crippen LogP contribution in [0, 0.1) is 17.2 Å². The van der Waals surface area contributed by atoms with E-state index in [0.29, 0.717) is 30.5 Å². The molecular weight excluding hydrogens is 334 g/mol. The van der Waals surface area contributed by atoms with Crippen LogP contribution in [0.25, 0.3) is 11.0 Å². The second-order valence-electron chi connectivity index (χ2n) is 6.58. The highest BCUT2D eigenvalue weighted by molar-refractivity contribution is 5.94. The number of hydrogen-bond donors (Lipinski definition) is 1. The number of piperidine rings is 1. The first-order chi connectivity index (χ1) is 12.4. The molecule has 9 nitrogen and oxygen atoms in total. The highest BCUT2D eigenvalue weighted by atomic mass is 16.2. The second-order valence-corrected chi connectivity index (χ2v) is 6.58. The summed E-state index contributed by atoms with van der Waals surface area (Å²) >= 11 is 0. The van der Waals surface area contributed by atoms with Crippen LogP contribution < -0.4 is 10.6 Å². The lowest BCUT2D eigenvalue weighted by molar-refractivity contribution is -0.131. The molecule has 0 saturated carbocycles. The van der Waals surface area contributed by atoms with Gasteiger partial charge in [0.25, 0.3) is 0 Å². The number of fused-ring (bicyclic) bond motifs is 1. The highest BCUT2D eigenvalue weighted by Gasteiger charge is 2.32. The molecule has 2 aromatic rings. The summed E-state index contributed by atoms with van der Waals surface area (Å²) in [5, 5.41) is 9.50. The molecule has 3 rings (SSSR count). The first-order valence-corrected chi connectivity index (χ1v) is 8.43. The number of amides is 2. The van der Waals surface area contributed by atoms with Gasteiger partial charge in [-0.15, -0.1) is 0 Å². The van der Waals surface area contributed by atoms with Crippen LogP contribution in [0.3, 0.4) is 0 Å². The van der Waals surface area contributed by atoms with E-state index >= 15 is 0 Å². The minimum absolute atomic E-state index is 0.0430. The third kappa shape index (κ3) is 3.06. The Morgan fingerprint density at radius 2 is 2.23 bits per heavy atom. The van der Waals surface area contributed by atoms with Crippen molar-refractivity contribution in [1.29, 1.82) is 5.26 Å². The molecule has 3 heterocycles. The number of nitriles is 1. The fourth-order valence-corrected chi connectivity index (χ4v) is 3.51. The Hall–Kier alpha value is -3.15. The molecule has 0 aliphatic carbocycles. The minimum atomic E-state index is -0.605. The van der Waals surface area contributed by atoms with Crippen molar-refractivity contribution in [2.24, 2.45) is 11.7 Å². The molecule has 1 aliphatic rings. The van der Waals surface area contributed by atoms with Gasteiger partial charge in [0.15, 0.2) is 5.65 Å². The van der Waals surface area contributed by atoms with Gasteiger partial charge in [-0.3, -0.25) is 9.36 Å². The molecule has 1 saturated heterocycles. The standard InChI is InChI=1S/C17H21N7O2/c1-11-4-7-23(14(25)3-6-18)9-13(11)22(2)15-12-5-8-24(17(19)26)16(12)21-10-20-15/h5,8,10-11,13H,3-4,7,9H2,1-2H3,(H2,19,26). The van der Waals surface area contributed by atoms with Gasteiger partial charge in [-0.05, 0) is 18.4 Å². The first-order valence-electron chi connectivity index (χ1n) is 8.43. The van der Waals surface area contributed by atoms with Crippen LogP contribution in [-0.2, 0) is 4.79 Å². The quantitative estimate of drug-likeness (QED) is 0.875. The van der Waals surface area contributed by atoms with Gasteiger partial charge in [-0.25, -0.2) is 14.8 Å². The Kier molecular flexibility index (Phi) is 4.75. The topological polar surface area (TPSA) is 121 Å². The van der Waals surface area contributed by atoms with Gasteiger partial charge in [0.05, 0.1) is 17.5 Å². The van der Waals surface area contributed by atoms with Gasteiger partial charge in [0.1, 0.15) is 18.6 Å². The highest BCUT2D eigenvalue weighted by Crippen LogP contribution is 2.29. The van der Waals surface area contributed by atoms with Crippen molar-refractivity contribution < 1.29 is 9.59 Å². The number of aromatic nitrogens is 3. The number of carbonyl (C=O) groups excluding carboxylic acids is 2. The van der Waals surface area contributed by atoms with E-state index in [-0.39, 0.29) is 18.4 Å².